The number of hydrogen-bond donors (Lipinski definition) is 0. The van der Waals surface area contributed by atoms with Crippen LogP contribution >= 0.6 is 24.0 Å². The van der Waals surface area contributed by atoms with Crippen LogP contribution in [0.15, 0.2) is 53.7 Å². The molecule has 2 heterocycles. The lowest BCUT2D eigenvalue weighted by atomic mass is 9.95. The summed E-state index contributed by atoms with van der Waals surface area (Å²) in [6.07, 6.45) is 6.55. The SMILES string of the molecule is Cn1c(=S)n(CCSc2nc3ccccc3n2C2CCCCC2)c2ccccc21. The molecule has 4 nitrogen and oxygen atoms in total. The number of rotatable bonds is 5. The maximum Gasteiger partial charge on any atom is 0.180 e. The fourth-order valence-electron chi connectivity index (χ4n) is 4.62. The summed E-state index contributed by atoms with van der Waals surface area (Å²) in [6, 6.07) is 17.6. The van der Waals surface area contributed by atoms with Crippen molar-refractivity contribution in [2.75, 3.05) is 5.75 Å². The average molecular weight is 423 g/mol. The first-order valence-electron chi connectivity index (χ1n) is 10.5. The molecule has 2 aromatic heterocycles. The van der Waals surface area contributed by atoms with E-state index in [4.69, 9.17) is 17.2 Å². The van der Waals surface area contributed by atoms with Gasteiger partial charge in [0.05, 0.1) is 22.1 Å². The first-order valence-corrected chi connectivity index (χ1v) is 11.9. The Bertz CT molecular complexity index is 1210. The van der Waals surface area contributed by atoms with Crippen molar-refractivity contribution in [2.24, 2.45) is 7.05 Å². The number of aryl methyl sites for hydroxylation is 2. The van der Waals surface area contributed by atoms with Crippen molar-refractivity contribution in [2.45, 2.75) is 49.8 Å². The van der Waals surface area contributed by atoms with Crippen LogP contribution in [0.3, 0.4) is 0 Å². The number of aromatic nitrogens is 4. The smallest absolute Gasteiger partial charge is 0.180 e. The Labute approximate surface area is 180 Å². The van der Waals surface area contributed by atoms with Crippen LogP contribution in [0.25, 0.3) is 22.1 Å². The predicted molar refractivity (Wildman–Crippen MR) is 124 cm³/mol. The molecule has 0 amide bonds. The van der Waals surface area contributed by atoms with Gasteiger partial charge in [0.1, 0.15) is 0 Å². The molecule has 29 heavy (non-hydrogen) atoms. The van der Waals surface area contributed by atoms with E-state index in [2.05, 4.69) is 69.3 Å². The number of para-hydroxylation sites is 4. The van der Waals surface area contributed by atoms with E-state index in [-0.39, 0.29) is 0 Å². The van der Waals surface area contributed by atoms with E-state index in [0.29, 0.717) is 6.04 Å². The topological polar surface area (TPSA) is 27.7 Å². The molecule has 150 valence electrons. The zero-order valence-corrected chi connectivity index (χ0v) is 18.4. The van der Waals surface area contributed by atoms with Crippen molar-refractivity contribution in [1.82, 2.24) is 18.7 Å². The van der Waals surface area contributed by atoms with Gasteiger partial charge in [-0.15, -0.1) is 0 Å². The highest BCUT2D eigenvalue weighted by Crippen LogP contribution is 2.35. The van der Waals surface area contributed by atoms with Crippen LogP contribution in [0.1, 0.15) is 38.1 Å². The Morgan fingerprint density at radius 2 is 1.66 bits per heavy atom. The van der Waals surface area contributed by atoms with Crippen molar-refractivity contribution in [3.8, 4) is 0 Å². The molecule has 0 N–H and O–H groups in total. The van der Waals surface area contributed by atoms with Crippen molar-refractivity contribution in [3.05, 3.63) is 53.3 Å². The molecule has 1 fully saturated rings. The standard InChI is InChI=1S/C23H26N4S2/c1-25-20-13-7-8-14-21(20)26(23(25)28)15-16-29-22-24-18-11-5-6-12-19(18)27(22)17-9-3-2-4-10-17/h5-8,11-14,17H,2-4,9-10,15-16H2,1H3. The van der Waals surface area contributed by atoms with E-state index in [1.165, 1.54) is 48.7 Å². The fraction of sp³-hybridized carbons (Fsp3) is 0.391. The predicted octanol–water partition coefficient (Wildman–Crippen LogP) is 6.36. The molecule has 4 aromatic rings. The Kier molecular flexibility index (Phi) is 5.22. The van der Waals surface area contributed by atoms with Gasteiger partial charge in [0.15, 0.2) is 9.93 Å². The van der Waals surface area contributed by atoms with Crippen LogP contribution < -0.4 is 0 Å². The summed E-state index contributed by atoms with van der Waals surface area (Å²) in [5, 5.41) is 1.16. The van der Waals surface area contributed by atoms with Gasteiger partial charge in [-0.25, -0.2) is 4.98 Å². The van der Waals surface area contributed by atoms with E-state index in [1.54, 1.807) is 0 Å². The number of fused-ring (bicyclic) bond motifs is 2. The number of hydrogen-bond acceptors (Lipinski definition) is 3. The average Bonchev–Trinajstić information content (AvgIpc) is 3.25. The van der Waals surface area contributed by atoms with Gasteiger partial charge in [-0.05, 0) is 49.3 Å². The number of benzene rings is 2. The van der Waals surface area contributed by atoms with E-state index in [9.17, 15) is 0 Å². The van der Waals surface area contributed by atoms with Gasteiger partial charge in [0, 0.05) is 25.4 Å². The Hall–Kier alpha value is -2.05. The first kappa shape index (κ1) is 18.9. The maximum absolute atomic E-state index is 5.70. The zero-order chi connectivity index (χ0) is 19.8. The molecule has 2 aromatic carbocycles. The van der Waals surface area contributed by atoms with Crippen LogP contribution in [-0.2, 0) is 13.6 Å². The molecule has 0 saturated heterocycles. The van der Waals surface area contributed by atoms with E-state index < -0.39 is 0 Å². The highest BCUT2D eigenvalue weighted by atomic mass is 32.2. The van der Waals surface area contributed by atoms with E-state index in [0.717, 1.165) is 27.7 Å². The molecule has 0 spiro atoms. The van der Waals surface area contributed by atoms with Gasteiger partial charge < -0.3 is 13.7 Å². The van der Waals surface area contributed by atoms with Crippen LogP contribution in [-0.4, -0.2) is 24.4 Å². The second-order valence-electron chi connectivity index (χ2n) is 7.88. The molecule has 0 aliphatic heterocycles. The molecule has 1 saturated carbocycles. The molecular formula is C23H26N4S2. The van der Waals surface area contributed by atoms with Crippen LogP contribution in [0.4, 0.5) is 0 Å². The summed E-state index contributed by atoms with van der Waals surface area (Å²) >= 11 is 7.56. The van der Waals surface area contributed by atoms with Crippen LogP contribution in [0, 0.1) is 4.77 Å². The Morgan fingerprint density at radius 3 is 2.45 bits per heavy atom. The van der Waals surface area contributed by atoms with Gasteiger partial charge in [-0.3, -0.25) is 0 Å². The summed E-state index contributed by atoms with van der Waals surface area (Å²) in [5.41, 5.74) is 4.80. The fourth-order valence-corrected chi connectivity index (χ4v) is 5.92. The van der Waals surface area contributed by atoms with Crippen molar-refractivity contribution < 1.29 is 0 Å². The lowest BCUT2D eigenvalue weighted by Crippen LogP contribution is -2.14. The Balaban J connectivity index is 1.43. The number of imidazole rings is 2. The molecule has 1 aliphatic carbocycles. The highest BCUT2D eigenvalue weighted by Gasteiger charge is 2.21. The monoisotopic (exact) mass is 422 g/mol. The minimum absolute atomic E-state index is 0.582. The largest absolute Gasteiger partial charge is 0.320 e. The lowest BCUT2D eigenvalue weighted by molar-refractivity contribution is 0.343. The molecule has 5 rings (SSSR count). The van der Waals surface area contributed by atoms with E-state index >= 15 is 0 Å². The minimum atomic E-state index is 0.582. The third kappa shape index (κ3) is 3.42. The molecule has 0 bridgehead atoms. The summed E-state index contributed by atoms with van der Waals surface area (Å²) in [4.78, 5) is 4.99. The number of nitrogens with zero attached hydrogens (tertiary/aromatic N) is 4. The minimum Gasteiger partial charge on any atom is -0.320 e. The van der Waals surface area contributed by atoms with Crippen molar-refractivity contribution in [1.29, 1.82) is 0 Å². The third-order valence-electron chi connectivity index (χ3n) is 6.10. The third-order valence-corrected chi connectivity index (χ3v) is 7.53. The second kappa shape index (κ2) is 8.00. The summed E-state index contributed by atoms with van der Waals surface area (Å²) in [6.45, 7) is 0.888. The molecule has 0 radical (unpaired) electrons. The summed E-state index contributed by atoms with van der Waals surface area (Å²) < 4.78 is 7.76. The van der Waals surface area contributed by atoms with Gasteiger partial charge in [-0.1, -0.05) is 55.3 Å². The van der Waals surface area contributed by atoms with Gasteiger partial charge >= 0.3 is 0 Å². The lowest BCUT2D eigenvalue weighted by Gasteiger charge is -2.25. The quantitative estimate of drug-likeness (QED) is 0.277. The first-order chi connectivity index (χ1) is 14.2. The summed E-state index contributed by atoms with van der Waals surface area (Å²) in [7, 11) is 2.05. The normalized spacial score (nSPS) is 15.5. The Morgan fingerprint density at radius 1 is 0.966 bits per heavy atom. The maximum atomic E-state index is 5.70. The van der Waals surface area contributed by atoms with Crippen molar-refractivity contribution in [3.63, 3.8) is 0 Å². The van der Waals surface area contributed by atoms with Crippen LogP contribution in [0.5, 0.6) is 0 Å². The number of thioether (sulfide) groups is 1. The van der Waals surface area contributed by atoms with E-state index in [1.807, 2.05) is 11.8 Å². The van der Waals surface area contributed by atoms with Crippen molar-refractivity contribution >= 4 is 46.0 Å². The van der Waals surface area contributed by atoms with Crippen LogP contribution in [0.2, 0.25) is 0 Å². The molecular weight excluding hydrogens is 396 g/mol. The zero-order valence-electron chi connectivity index (χ0n) is 16.8. The van der Waals surface area contributed by atoms with Gasteiger partial charge in [0.2, 0.25) is 0 Å². The van der Waals surface area contributed by atoms with Gasteiger partial charge in [-0.2, -0.15) is 0 Å². The molecule has 1 aliphatic rings. The molecule has 0 atom stereocenters. The van der Waals surface area contributed by atoms with Gasteiger partial charge in [0.25, 0.3) is 0 Å². The summed E-state index contributed by atoms with van der Waals surface area (Å²) in [5.74, 6) is 0.957. The molecule has 6 heteroatoms. The second-order valence-corrected chi connectivity index (χ2v) is 9.30. The highest BCUT2D eigenvalue weighted by molar-refractivity contribution is 7.99. The molecule has 0 unspecified atom stereocenters.